The number of aromatic nitrogens is 2. The predicted molar refractivity (Wildman–Crippen MR) is 79.2 cm³/mol. The zero-order valence-corrected chi connectivity index (χ0v) is 12.9. The van der Waals surface area contributed by atoms with E-state index in [2.05, 4.69) is 43.6 Å². The van der Waals surface area contributed by atoms with E-state index in [-0.39, 0.29) is 0 Å². The molecule has 1 aromatic heterocycles. The molecule has 0 unspecified atom stereocenters. The van der Waals surface area contributed by atoms with Gasteiger partial charge in [-0.15, -0.1) is 0 Å². The molecule has 17 heavy (non-hydrogen) atoms. The summed E-state index contributed by atoms with van der Waals surface area (Å²) in [4.78, 5) is 0. The van der Waals surface area contributed by atoms with E-state index < -0.39 is 0 Å². The highest BCUT2D eigenvalue weighted by Crippen LogP contribution is 2.26. The molecule has 1 heterocycles. The maximum Gasteiger partial charge on any atom is 0.135 e. The molecule has 0 saturated heterocycles. The second-order valence-electron chi connectivity index (χ2n) is 3.50. The van der Waals surface area contributed by atoms with Gasteiger partial charge in [0.2, 0.25) is 0 Å². The number of hydrogen-bond acceptors (Lipinski definition) is 3. The third-order valence-electron chi connectivity index (χ3n) is 2.38. The smallest absolute Gasteiger partial charge is 0.135 e. The van der Waals surface area contributed by atoms with Crippen LogP contribution in [0.25, 0.3) is 0 Å². The maximum absolute atomic E-state index is 5.90. The van der Waals surface area contributed by atoms with E-state index in [4.69, 9.17) is 10.5 Å². The van der Waals surface area contributed by atoms with Crippen molar-refractivity contribution in [3.8, 4) is 5.75 Å². The summed E-state index contributed by atoms with van der Waals surface area (Å²) in [5.41, 5.74) is 7.02. The predicted octanol–water partition coefficient (Wildman–Crippen LogP) is 2.89. The van der Waals surface area contributed by atoms with Gasteiger partial charge in [-0.2, -0.15) is 5.10 Å². The van der Waals surface area contributed by atoms with E-state index in [0.717, 1.165) is 19.4 Å². The molecule has 0 aliphatic carbocycles. The summed E-state index contributed by atoms with van der Waals surface area (Å²) in [6.45, 7) is 0.650. The molecule has 0 atom stereocenters. The first-order valence-electron chi connectivity index (χ1n) is 4.91. The van der Waals surface area contributed by atoms with Gasteiger partial charge in [-0.3, -0.25) is 0 Å². The van der Waals surface area contributed by atoms with Crippen molar-refractivity contribution in [3.63, 3.8) is 0 Å². The molecule has 1 aromatic carbocycles. The highest BCUT2D eigenvalue weighted by molar-refractivity contribution is 14.1. The SMILES string of the molecule is COc1ccc(Cn2ncc(I)c2N)cc1Br. The van der Waals surface area contributed by atoms with Crippen LogP contribution in [0.5, 0.6) is 5.75 Å². The van der Waals surface area contributed by atoms with E-state index in [9.17, 15) is 0 Å². The average Bonchev–Trinajstić information content (AvgIpc) is 2.61. The first-order chi connectivity index (χ1) is 8.11. The fraction of sp³-hybridized carbons (Fsp3) is 0.182. The van der Waals surface area contributed by atoms with Crippen molar-refractivity contribution in [1.82, 2.24) is 9.78 Å². The summed E-state index contributed by atoms with van der Waals surface area (Å²) >= 11 is 5.63. The van der Waals surface area contributed by atoms with Crippen LogP contribution < -0.4 is 10.5 Å². The van der Waals surface area contributed by atoms with E-state index in [1.165, 1.54) is 0 Å². The quantitative estimate of drug-likeness (QED) is 0.796. The molecule has 2 rings (SSSR count). The van der Waals surface area contributed by atoms with Gasteiger partial charge in [0.15, 0.2) is 0 Å². The lowest BCUT2D eigenvalue weighted by atomic mass is 10.2. The fourth-order valence-corrected chi connectivity index (χ4v) is 2.47. The van der Waals surface area contributed by atoms with Crippen molar-refractivity contribution in [2.45, 2.75) is 6.54 Å². The molecule has 0 aliphatic heterocycles. The van der Waals surface area contributed by atoms with Crippen molar-refractivity contribution in [2.24, 2.45) is 0 Å². The molecule has 0 amide bonds. The van der Waals surface area contributed by atoms with Crippen LogP contribution in [0.3, 0.4) is 0 Å². The minimum Gasteiger partial charge on any atom is -0.496 e. The maximum atomic E-state index is 5.90. The molecule has 2 N–H and O–H groups in total. The number of nitrogens with zero attached hydrogens (tertiary/aromatic N) is 2. The van der Waals surface area contributed by atoms with Gasteiger partial charge in [0, 0.05) is 0 Å². The van der Waals surface area contributed by atoms with Crippen LogP contribution in [0.2, 0.25) is 0 Å². The van der Waals surface area contributed by atoms with Gasteiger partial charge in [0.25, 0.3) is 0 Å². The molecule has 0 bridgehead atoms. The Bertz CT molecular complexity index is 542. The molecule has 4 nitrogen and oxygen atoms in total. The summed E-state index contributed by atoms with van der Waals surface area (Å²) in [7, 11) is 1.65. The van der Waals surface area contributed by atoms with Crippen molar-refractivity contribution in [2.75, 3.05) is 12.8 Å². The average molecular weight is 408 g/mol. The lowest BCUT2D eigenvalue weighted by molar-refractivity contribution is 0.412. The largest absolute Gasteiger partial charge is 0.496 e. The van der Waals surface area contributed by atoms with Gasteiger partial charge in [-0.25, -0.2) is 4.68 Å². The van der Waals surface area contributed by atoms with Crippen molar-refractivity contribution < 1.29 is 4.74 Å². The first kappa shape index (κ1) is 12.7. The minimum absolute atomic E-state index is 0.650. The Morgan fingerprint density at radius 2 is 2.29 bits per heavy atom. The van der Waals surface area contributed by atoms with E-state index in [0.29, 0.717) is 12.4 Å². The zero-order chi connectivity index (χ0) is 12.4. The number of anilines is 1. The highest BCUT2D eigenvalue weighted by Gasteiger charge is 2.06. The minimum atomic E-state index is 0.650. The van der Waals surface area contributed by atoms with Gasteiger partial charge in [0.05, 0.1) is 27.9 Å². The third-order valence-corrected chi connectivity index (χ3v) is 3.83. The van der Waals surface area contributed by atoms with Crippen molar-refractivity contribution >= 4 is 44.3 Å². The topological polar surface area (TPSA) is 53.1 Å². The Morgan fingerprint density at radius 3 is 2.82 bits per heavy atom. The van der Waals surface area contributed by atoms with Crippen LogP contribution in [0.15, 0.2) is 28.9 Å². The number of halogens is 2. The van der Waals surface area contributed by atoms with Gasteiger partial charge in [-0.1, -0.05) is 6.07 Å². The van der Waals surface area contributed by atoms with Crippen LogP contribution >= 0.6 is 38.5 Å². The highest BCUT2D eigenvalue weighted by atomic mass is 127. The zero-order valence-electron chi connectivity index (χ0n) is 9.15. The number of nitrogens with two attached hydrogens (primary N) is 1. The van der Waals surface area contributed by atoms with Gasteiger partial charge in [0.1, 0.15) is 11.6 Å². The molecule has 90 valence electrons. The first-order valence-corrected chi connectivity index (χ1v) is 6.78. The molecular weight excluding hydrogens is 397 g/mol. The van der Waals surface area contributed by atoms with Gasteiger partial charge < -0.3 is 10.5 Å². The Morgan fingerprint density at radius 1 is 1.53 bits per heavy atom. The number of benzene rings is 1. The van der Waals surface area contributed by atoms with Crippen LogP contribution in [0.1, 0.15) is 5.56 Å². The van der Waals surface area contributed by atoms with Crippen LogP contribution in [-0.4, -0.2) is 16.9 Å². The van der Waals surface area contributed by atoms with E-state index in [1.807, 2.05) is 18.2 Å². The molecule has 0 saturated carbocycles. The van der Waals surface area contributed by atoms with Crippen molar-refractivity contribution in [3.05, 3.63) is 38.0 Å². The number of methoxy groups -OCH3 is 1. The molecule has 6 heteroatoms. The Hall–Kier alpha value is -0.760. The van der Waals surface area contributed by atoms with Crippen LogP contribution in [-0.2, 0) is 6.54 Å². The summed E-state index contributed by atoms with van der Waals surface area (Å²) < 4.78 is 8.85. The second-order valence-corrected chi connectivity index (χ2v) is 5.52. The Balaban J connectivity index is 2.25. The molecule has 0 radical (unpaired) electrons. The Labute approximate surface area is 121 Å². The second kappa shape index (κ2) is 5.26. The molecule has 2 aromatic rings. The summed E-state index contributed by atoms with van der Waals surface area (Å²) in [6.07, 6.45) is 1.76. The number of hydrogen-bond donors (Lipinski definition) is 1. The van der Waals surface area contributed by atoms with Crippen molar-refractivity contribution in [1.29, 1.82) is 0 Å². The van der Waals surface area contributed by atoms with Crippen LogP contribution in [0, 0.1) is 3.57 Å². The molecule has 0 spiro atoms. The lowest BCUT2D eigenvalue weighted by Gasteiger charge is -2.07. The monoisotopic (exact) mass is 407 g/mol. The molecule has 0 aliphatic rings. The molecular formula is C11H11BrIN3O. The number of nitrogen functional groups attached to an aromatic ring is 1. The standard InChI is InChI=1S/C11H11BrIN3O/c1-17-10-3-2-7(4-8(10)12)6-16-11(14)9(13)5-15-16/h2-5H,6,14H2,1H3. The fourth-order valence-electron chi connectivity index (χ4n) is 1.48. The third kappa shape index (κ3) is 2.74. The molecule has 0 fully saturated rings. The van der Waals surface area contributed by atoms with Gasteiger partial charge in [-0.05, 0) is 56.2 Å². The van der Waals surface area contributed by atoms with E-state index >= 15 is 0 Å². The Kier molecular flexibility index (Phi) is 3.93. The van der Waals surface area contributed by atoms with Gasteiger partial charge >= 0.3 is 0 Å². The summed E-state index contributed by atoms with van der Waals surface area (Å²) in [5, 5.41) is 4.22. The lowest BCUT2D eigenvalue weighted by Crippen LogP contribution is -2.06. The summed E-state index contributed by atoms with van der Waals surface area (Å²) in [5.74, 6) is 1.51. The summed E-state index contributed by atoms with van der Waals surface area (Å²) in [6, 6.07) is 5.93. The van der Waals surface area contributed by atoms with E-state index in [1.54, 1.807) is 18.0 Å². The normalized spacial score (nSPS) is 10.5. The number of rotatable bonds is 3. The number of ether oxygens (including phenoxy) is 1. The van der Waals surface area contributed by atoms with Crippen LogP contribution in [0.4, 0.5) is 5.82 Å².